The van der Waals surface area contributed by atoms with Crippen LogP contribution in [0.25, 0.3) is 229 Å². The van der Waals surface area contributed by atoms with E-state index in [-0.39, 0.29) is 5.41 Å². The second-order valence-corrected chi connectivity index (χ2v) is 40.2. The lowest BCUT2D eigenvalue weighted by Gasteiger charge is -2.31. The van der Waals surface area contributed by atoms with E-state index >= 15 is 0 Å². The maximum Gasteiger partial charge on any atom is 0.156 e. The van der Waals surface area contributed by atoms with Crippen molar-refractivity contribution in [2.75, 3.05) is 9.80 Å². The number of pyridine rings is 4. The number of rotatable bonds is 10. The van der Waals surface area contributed by atoms with Crippen LogP contribution < -0.4 is 9.80 Å². The third-order valence-corrected chi connectivity index (χ3v) is 31.5. The van der Waals surface area contributed by atoms with Crippen molar-refractivity contribution in [1.29, 1.82) is 0 Å². The molecule has 0 N–H and O–H groups in total. The second kappa shape index (κ2) is 35.5. The van der Waals surface area contributed by atoms with Gasteiger partial charge in [-0.1, -0.05) is 359 Å². The number of nitrogens with zero attached hydrogens (tertiary/aromatic N) is 11. The van der Waals surface area contributed by atoms with E-state index in [0.29, 0.717) is 0 Å². The molecule has 9 aromatic heterocycles. The fourth-order valence-electron chi connectivity index (χ4n) is 23.5. The zero-order chi connectivity index (χ0) is 99.2. The highest BCUT2D eigenvalue weighted by Crippen LogP contribution is 2.62. The van der Waals surface area contributed by atoms with E-state index in [2.05, 4.69) is 449 Å². The first-order valence-corrected chi connectivity index (χ1v) is 51.6. The van der Waals surface area contributed by atoms with E-state index in [0.717, 1.165) is 146 Å². The maximum absolute atomic E-state index is 6.25. The van der Waals surface area contributed by atoms with Crippen molar-refractivity contribution >= 4 is 168 Å². The van der Waals surface area contributed by atoms with E-state index in [1.165, 1.54) is 136 Å². The number of hydrogen-bond donors (Lipinski definition) is 0. The van der Waals surface area contributed by atoms with E-state index in [1.807, 2.05) is 103 Å². The summed E-state index contributed by atoms with van der Waals surface area (Å²) in [6.45, 7) is 4.77. The molecule has 150 heavy (non-hydrogen) atoms. The Bertz CT molecular complexity index is 10200. The maximum atomic E-state index is 6.25. The first kappa shape index (κ1) is 87.1. The largest absolute Gasteiger partial charge is 0.456 e. The van der Waals surface area contributed by atoms with Crippen LogP contribution in [0.4, 0.5) is 34.4 Å². The summed E-state index contributed by atoms with van der Waals surface area (Å²) in [5, 5.41) is 14.3. The molecule has 1 aliphatic carbocycles. The lowest BCUT2D eigenvalue weighted by molar-refractivity contribution is 0.662. The van der Waals surface area contributed by atoms with Gasteiger partial charge in [0.05, 0.1) is 91.4 Å². The summed E-state index contributed by atoms with van der Waals surface area (Å²) in [6, 6.07) is 160. The molecule has 27 aromatic rings. The fraction of sp³-hybridized carbons (Fsp3) is 0.0219. The minimum Gasteiger partial charge on any atom is -0.456 e. The number of para-hydroxylation sites is 4. The Morgan fingerprint density at radius 1 is 0.293 bits per heavy atom. The first-order chi connectivity index (χ1) is 74.2. The van der Waals surface area contributed by atoms with Gasteiger partial charge in [0.1, 0.15) is 22.8 Å². The average molecular weight is 1940 g/mol. The topological polar surface area (TPSA) is 112 Å². The van der Waals surface area contributed by atoms with Gasteiger partial charge in [0.25, 0.3) is 0 Å². The Hall–Kier alpha value is -19.5. The van der Waals surface area contributed by atoms with Gasteiger partial charge >= 0.3 is 0 Å². The Morgan fingerprint density at radius 2 is 0.873 bits per heavy atom. The molecule has 0 unspecified atom stereocenters. The molecular weight excluding hydrogens is 1850 g/mol. The second-order valence-electron chi connectivity index (χ2n) is 39.1. The molecule has 0 saturated carbocycles. The van der Waals surface area contributed by atoms with Crippen molar-refractivity contribution < 1.29 is 4.42 Å². The molecule has 0 saturated heterocycles. The van der Waals surface area contributed by atoms with Crippen LogP contribution >= 0.6 is 11.8 Å². The SMILES string of the molecule is C1=Cc2c(ccc3ccccc23)Sc2c1c(-c1ccc3c(c1)c1ccccc1n3-c1ccccc1)cc1c2c2ccccc2n1-c1cnc(-c2ccccc2)cn1.C1=Cc2ccc3ccccc3c2N(c2cccc(-c3ccccn3)n2)c2cc3c(cc21)oc1ccccc13.CC1(C)c2ccccc2-c2ccc3c(c21)-c1ccn(-c2cccc(-c4ccccc4)c2)c1-c1ccc2ccccc2c1N3c1cccc(-c2ccccn2)n1. The molecule has 0 fully saturated rings. The zero-order valence-electron chi connectivity index (χ0n) is 81.7. The van der Waals surface area contributed by atoms with E-state index in [1.54, 1.807) is 6.20 Å². The van der Waals surface area contributed by atoms with Gasteiger partial charge in [-0.2, -0.15) is 0 Å². The van der Waals surface area contributed by atoms with Crippen LogP contribution in [0.5, 0.6) is 0 Å². The minimum atomic E-state index is -0.253. The number of anilines is 6. The number of hydrogen-bond acceptors (Lipinski definition) is 10. The van der Waals surface area contributed by atoms with Gasteiger partial charge in [-0.3, -0.25) is 29.3 Å². The highest BCUT2D eigenvalue weighted by atomic mass is 32.2. The van der Waals surface area contributed by atoms with Crippen molar-refractivity contribution in [2.45, 2.75) is 29.1 Å². The minimum absolute atomic E-state index is 0.253. The molecule has 0 spiro atoms. The molecule has 12 nitrogen and oxygen atoms in total. The lowest BCUT2D eigenvalue weighted by Crippen LogP contribution is -2.19. The van der Waals surface area contributed by atoms with Crippen molar-refractivity contribution in [1.82, 2.24) is 43.6 Å². The van der Waals surface area contributed by atoms with Gasteiger partial charge < -0.3 is 13.6 Å². The van der Waals surface area contributed by atoms with Gasteiger partial charge in [-0.15, -0.1) is 0 Å². The summed E-state index contributed by atoms with van der Waals surface area (Å²) in [6.07, 6.45) is 18.8. The first-order valence-electron chi connectivity index (χ1n) is 50.8. The van der Waals surface area contributed by atoms with Crippen molar-refractivity contribution in [2.24, 2.45) is 0 Å². The zero-order valence-corrected chi connectivity index (χ0v) is 82.5. The standard InChI is InChI=1S/C52H32N4S.C51H36N4.C34H21N3O/c1-3-14-34(15-4-1)44-31-54-50(32-53-44)56-46-22-12-10-20-41(46)51-48(56)30-42(40-26-25-39-37-18-8-7-13-33(37)24-28-49(39)57-52(40)51)35-23-27-47-43(29-35)38-19-9-11-21-45(38)55(47)36-16-5-2-6-17-36;1-51(2)42-21-9-8-20-38(42)39-27-28-45-47(48(39)51)40-29-31-54(36-18-12-17-35(32-36)33-14-4-3-5-15-33)49(40)41-26-25-34-16-6-7-19-37(34)50(41)55(45)46-24-13-23-44(53-46)43-22-10-11-30-52-43;1-2-9-25-22(8-1)15-16-23-17-18-24-20-32-27(26-10-3-4-13-31(26)38-32)21-30(24)37(34(23)25)33-14-7-12-29(36-33)28-11-5-6-19-35-28/h1-32H;3-32H,1-2H3;1-21H. The monoisotopic (exact) mass is 1940 g/mol. The molecule has 0 bridgehead atoms. The highest BCUT2D eigenvalue weighted by molar-refractivity contribution is 7.99. The van der Waals surface area contributed by atoms with Crippen LogP contribution in [0, 0.1) is 0 Å². The molecular formula is C137H89N11OS. The molecule has 4 aliphatic rings. The summed E-state index contributed by atoms with van der Waals surface area (Å²) >= 11 is 1.87. The van der Waals surface area contributed by atoms with Crippen LogP contribution in [-0.2, 0) is 5.41 Å². The van der Waals surface area contributed by atoms with Crippen LogP contribution in [0.3, 0.4) is 0 Å². The fourth-order valence-corrected chi connectivity index (χ4v) is 24.8. The van der Waals surface area contributed by atoms with Gasteiger partial charge in [0.15, 0.2) is 5.82 Å². The molecule has 704 valence electrons. The highest BCUT2D eigenvalue weighted by Gasteiger charge is 2.43. The van der Waals surface area contributed by atoms with Crippen LogP contribution in [0.1, 0.15) is 47.2 Å². The molecule has 18 aromatic carbocycles. The van der Waals surface area contributed by atoms with Crippen molar-refractivity contribution in [3.8, 4) is 107 Å². The Labute approximate surface area is 869 Å². The van der Waals surface area contributed by atoms with E-state index < -0.39 is 0 Å². The normalized spacial score (nSPS) is 12.8. The Balaban J connectivity index is 0.000000108. The summed E-state index contributed by atoms with van der Waals surface area (Å²) < 4.78 is 13.3. The average Bonchev–Trinajstić information content (AvgIpc) is 1.53. The van der Waals surface area contributed by atoms with Gasteiger partial charge in [-0.05, 0) is 222 Å². The molecule has 0 radical (unpaired) electrons. The molecule has 31 rings (SSSR count). The van der Waals surface area contributed by atoms with Gasteiger partial charge in [0.2, 0.25) is 0 Å². The van der Waals surface area contributed by atoms with Crippen molar-refractivity contribution in [3.63, 3.8) is 0 Å². The predicted octanol–water partition coefficient (Wildman–Crippen LogP) is 36.1. The van der Waals surface area contributed by atoms with Gasteiger partial charge in [-0.25, -0.2) is 15.0 Å². The quantitative estimate of drug-likeness (QED) is 0.131. The molecule has 3 aliphatic heterocycles. The Kier molecular flexibility index (Phi) is 20.6. The smallest absolute Gasteiger partial charge is 0.156 e. The number of fused-ring (bicyclic) bond motifs is 29. The summed E-state index contributed by atoms with van der Waals surface area (Å²) in [5.74, 6) is 2.47. The predicted molar refractivity (Wildman–Crippen MR) is 621 cm³/mol. The van der Waals surface area contributed by atoms with E-state index in [4.69, 9.17) is 29.3 Å². The van der Waals surface area contributed by atoms with Crippen LogP contribution in [0.15, 0.2) is 494 Å². The van der Waals surface area contributed by atoms with Crippen LogP contribution in [0.2, 0.25) is 0 Å². The molecule has 13 heteroatoms. The van der Waals surface area contributed by atoms with Crippen molar-refractivity contribution in [3.05, 3.63) is 513 Å². The summed E-state index contributed by atoms with van der Waals surface area (Å²) in [4.78, 5) is 37.0. The molecule has 0 amide bonds. The van der Waals surface area contributed by atoms with Crippen LogP contribution in [-0.4, -0.2) is 43.6 Å². The number of furan rings is 1. The van der Waals surface area contributed by atoms with E-state index in [9.17, 15) is 0 Å². The third kappa shape index (κ3) is 14.4. The Morgan fingerprint density at radius 3 is 1.61 bits per heavy atom. The summed E-state index contributed by atoms with van der Waals surface area (Å²) in [5.41, 5.74) is 37.4. The van der Waals surface area contributed by atoms with Gasteiger partial charge in [0, 0.05) is 116 Å². The summed E-state index contributed by atoms with van der Waals surface area (Å²) in [7, 11) is 0. The number of benzene rings is 18. The molecule has 0 atom stereocenters. The number of aromatic nitrogens is 9. The molecule has 12 heterocycles. The lowest BCUT2D eigenvalue weighted by atomic mass is 9.78. The third-order valence-electron chi connectivity index (χ3n) is 30.3.